The summed E-state index contributed by atoms with van der Waals surface area (Å²) < 4.78 is 0. The van der Waals surface area contributed by atoms with Crippen LogP contribution in [0.1, 0.15) is 84.9 Å². The lowest BCUT2D eigenvalue weighted by atomic mass is 9.96. The standard InChI is InChI=1S/C19H38N4/c1-6-10-12-18(8-3)14-22(23-16-20-17(5)21-23)15-19(9-4)13-11-7-2/h16,18-19H,6-15H2,1-5H3. The third kappa shape index (κ3) is 7.36. The first kappa shape index (κ1) is 20.0. The molecule has 0 radical (unpaired) electrons. The van der Waals surface area contributed by atoms with Crippen molar-refractivity contribution in [3.63, 3.8) is 0 Å². The molecule has 1 rings (SSSR count). The molecule has 2 unspecified atom stereocenters. The van der Waals surface area contributed by atoms with Crippen LogP contribution in [-0.4, -0.2) is 28.0 Å². The molecule has 0 spiro atoms. The monoisotopic (exact) mass is 322 g/mol. The molecule has 0 aliphatic heterocycles. The summed E-state index contributed by atoms with van der Waals surface area (Å²) in [6.45, 7) is 13.4. The molecule has 0 amide bonds. The van der Waals surface area contributed by atoms with Crippen molar-refractivity contribution < 1.29 is 0 Å². The van der Waals surface area contributed by atoms with Crippen LogP contribution in [0.25, 0.3) is 0 Å². The zero-order chi connectivity index (χ0) is 17.1. The van der Waals surface area contributed by atoms with Crippen LogP contribution >= 0.6 is 0 Å². The summed E-state index contributed by atoms with van der Waals surface area (Å²) in [7, 11) is 0. The molecule has 4 nitrogen and oxygen atoms in total. The Kier molecular flexibility index (Phi) is 9.97. The van der Waals surface area contributed by atoms with Crippen LogP contribution in [0.15, 0.2) is 6.33 Å². The highest BCUT2D eigenvalue weighted by atomic mass is 15.7. The third-order valence-corrected chi connectivity index (χ3v) is 4.91. The minimum Gasteiger partial charge on any atom is -0.295 e. The van der Waals surface area contributed by atoms with Gasteiger partial charge in [-0.15, -0.1) is 5.10 Å². The van der Waals surface area contributed by atoms with Gasteiger partial charge in [0.05, 0.1) is 0 Å². The second-order valence-corrected chi connectivity index (χ2v) is 6.92. The number of hydrogen-bond acceptors (Lipinski definition) is 3. The zero-order valence-corrected chi connectivity index (χ0v) is 16.1. The lowest BCUT2D eigenvalue weighted by molar-refractivity contribution is 0.347. The Morgan fingerprint density at radius 2 is 1.48 bits per heavy atom. The van der Waals surface area contributed by atoms with E-state index >= 15 is 0 Å². The number of aromatic nitrogens is 3. The molecule has 0 N–H and O–H groups in total. The SMILES string of the molecule is CCCCC(CC)CN(CC(CC)CCCC)n1cnc(C)n1. The maximum Gasteiger partial charge on any atom is 0.149 e. The van der Waals surface area contributed by atoms with Crippen LogP contribution < -0.4 is 5.01 Å². The van der Waals surface area contributed by atoms with Gasteiger partial charge in [-0.05, 0) is 31.6 Å². The topological polar surface area (TPSA) is 34.0 Å². The van der Waals surface area contributed by atoms with Gasteiger partial charge in [0, 0.05) is 13.1 Å². The van der Waals surface area contributed by atoms with Gasteiger partial charge in [0.2, 0.25) is 0 Å². The van der Waals surface area contributed by atoms with E-state index in [0.29, 0.717) is 0 Å². The number of rotatable bonds is 13. The van der Waals surface area contributed by atoms with Crippen LogP contribution in [0.4, 0.5) is 0 Å². The Morgan fingerprint density at radius 1 is 0.957 bits per heavy atom. The van der Waals surface area contributed by atoms with E-state index < -0.39 is 0 Å². The molecule has 0 aliphatic rings. The Balaban J connectivity index is 2.75. The Labute approximate surface area is 143 Å². The van der Waals surface area contributed by atoms with Crippen molar-refractivity contribution in [3.05, 3.63) is 12.2 Å². The van der Waals surface area contributed by atoms with E-state index in [1.165, 1.54) is 51.4 Å². The number of nitrogens with zero attached hydrogens (tertiary/aromatic N) is 4. The molecule has 0 fully saturated rings. The van der Waals surface area contributed by atoms with Crippen LogP contribution in [0.5, 0.6) is 0 Å². The summed E-state index contributed by atoms with van der Waals surface area (Å²) in [5.74, 6) is 2.37. The fourth-order valence-electron chi connectivity index (χ4n) is 3.14. The number of hydrogen-bond donors (Lipinski definition) is 0. The van der Waals surface area contributed by atoms with Crippen molar-refractivity contribution in [1.29, 1.82) is 0 Å². The molecule has 1 heterocycles. The van der Waals surface area contributed by atoms with Crippen LogP contribution in [0, 0.1) is 18.8 Å². The highest BCUT2D eigenvalue weighted by molar-refractivity contribution is 4.90. The molecule has 1 aromatic heterocycles. The van der Waals surface area contributed by atoms with Crippen molar-refractivity contribution in [1.82, 2.24) is 14.9 Å². The first-order chi connectivity index (χ1) is 11.1. The van der Waals surface area contributed by atoms with E-state index in [2.05, 4.69) is 42.8 Å². The molecule has 2 atom stereocenters. The van der Waals surface area contributed by atoms with Crippen molar-refractivity contribution in [2.75, 3.05) is 18.1 Å². The van der Waals surface area contributed by atoms with Gasteiger partial charge in [0.25, 0.3) is 0 Å². The molecule has 23 heavy (non-hydrogen) atoms. The van der Waals surface area contributed by atoms with Gasteiger partial charge in [-0.25, -0.2) is 4.98 Å². The molecule has 0 aromatic carbocycles. The summed E-state index contributed by atoms with van der Waals surface area (Å²) in [4.78, 5) is 6.34. The summed E-state index contributed by atoms with van der Waals surface area (Å²) in [5.41, 5.74) is 0. The zero-order valence-electron chi connectivity index (χ0n) is 16.1. The first-order valence-corrected chi connectivity index (χ1v) is 9.77. The highest BCUT2D eigenvalue weighted by Crippen LogP contribution is 2.18. The molecule has 1 aromatic rings. The maximum atomic E-state index is 4.58. The highest BCUT2D eigenvalue weighted by Gasteiger charge is 2.18. The van der Waals surface area contributed by atoms with Crippen molar-refractivity contribution in [3.8, 4) is 0 Å². The number of unbranched alkanes of at least 4 members (excludes halogenated alkanes) is 2. The van der Waals surface area contributed by atoms with Crippen LogP contribution in [0.2, 0.25) is 0 Å². The molecule has 134 valence electrons. The van der Waals surface area contributed by atoms with E-state index in [1.807, 2.05) is 18.0 Å². The lowest BCUT2D eigenvalue weighted by Gasteiger charge is -2.31. The Morgan fingerprint density at radius 3 is 1.83 bits per heavy atom. The minimum absolute atomic E-state index is 0.753. The van der Waals surface area contributed by atoms with Gasteiger partial charge in [-0.3, -0.25) is 5.01 Å². The smallest absolute Gasteiger partial charge is 0.149 e. The van der Waals surface area contributed by atoms with E-state index in [4.69, 9.17) is 0 Å². The predicted molar refractivity (Wildman–Crippen MR) is 99.3 cm³/mol. The van der Waals surface area contributed by atoms with E-state index in [9.17, 15) is 0 Å². The van der Waals surface area contributed by atoms with Gasteiger partial charge in [-0.1, -0.05) is 66.2 Å². The van der Waals surface area contributed by atoms with Crippen molar-refractivity contribution in [2.45, 2.75) is 86.0 Å². The average Bonchev–Trinajstić information content (AvgIpc) is 2.99. The second kappa shape index (κ2) is 11.5. The van der Waals surface area contributed by atoms with Crippen molar-refractivity contribution >= 4 is 0 Å². The van der Waals surface area contributed by atoms with Gasteiger partial charge < -0.3 is 0 Å². The molecule has 0 aliphatic carbocycles. The van der Waals surface area contributed by atoms with Gasteiger partial charge in [0.1, 0.15) is 12.2 Å². The van der Waals surface area contributed by atoms with E-state index in [0.717, 1.165) is 30.7 Å². The molecule has 0 saturated carbocycles. The van der Waals surface area contributed by atoms with Crippen LogP contribution in [-0.2, 0) is 0 Å². The second-order valence-electron chi connectivity index (χ2n) is 6.92. The fraction of sp³-hybridized carbons (Fsp3) is 0.895. The van der Waals surface area contributed by atoms with Crippen LogP contribution in [0.3, 0.4) is 0 Å². The molecular formula is C19H38N4. The predicted octanol–water partition coefficient (Wildman–Crippen LogP) is 4.96. The quantitative estimate of drug-likeness (QED) is 0.515. The fourth-order valence-corrected chi connectivity index (χ4v) is 3.14. The van der Waals surface area contributed by atoms with Gasteiger partial charge in [-0.2, -0.15) is 4.79 Å². The van der Waals surface area contributed by atoms with E-state index in [1.54, 1.807) is 0 Å². The Hall–Kier alpha value is -1.06. The normalized spacial score (nSPS) is 14.0. The molecule has 4 heteroatoms. The third-order valence-electron chi connectivity index (χ3n) is 4.91. The van der Waals surface area contributed by atoms with Gasteiger partial charge in [0.15, 0.2) is 0 Å². The minimum atomic E-state index is 0.753. The largest absolute Gasteiger partial charge is 0.295 e. The summed E-state index contributed by atoms with van der Waals surface area (Å²) in [5, 5.41) is 7.02. The summed E-state index contributed by atoms with van der Waals surface area (Å²) in [6, 6.07) is 0. The molecule has 0 bridgehead atoms. The molecular weight excluding hydrogens is 284 g/mol. The summed E-state index contributed by atoms with van der Waals surface area (Å²) in [6.07, 6.45) is 12.2. The van der Waals surface area contributed by atoms with E-state index in [-0.39, 0.29) is 0 Å². The number of aryl methyl sites for hydroxylation is 1. The first-order valence-electron chi connectivity index (χ1n) is 9.77. The van der Waals surface area contributed by atoms with Crippen molar-refractivity contribution in [2.24, 2.45) is 11.8 Å². The Bertz CT molecular complexity index is 384. The maximum absolute atomic E-state index is 4.58. The average molecular weight is 323 g/mol. The lowest BCUT2D eigenvalue weighted by Crippen LogP contribution is -2.42. The van der Waals surface area contributed by atoms with Gasteiger partial charge >= 0.3 is 0 Å². The summed E-state index contributed by atoms with van der Waals surface area (Å²) >= 11 is 0. The molecule has 0 saturated heterocycles.